The van der Waals surface area contributed by atoms with Crippen LogP contribution in [0.2, 0.25) is 0 Å². The van der Waals surface area contributed by atoms with Gasteiger partial charge in [0.15, 0.2) is 8.29 Å². The van der Waals surface area contributed by atoms with E-state index in [2.05, 4.69) is 10.4 Å². The highest BCUT2D eigenvalue weighted by Crippen LogP contribution is 2.28. The van der Waals surface area contributed by atoms with Crippen molar-refractivity contribution >= 4 is 41.2 Å². The van der Waals surface area contributed by atoms with E-state index < -0.39 is 0 Å². The summed E-state index contributed by atoms with van der Waals surface area (Å²) in [6.07, 6.45) is 0. The smallest absolute Gasteiger partial charge is 0.233 e. The molecule has 124 valence electrons. The first-order chi connectivity index (χ1) is 10.7. The van der Waals surface area contributed by atoms with Crippen molar-refractivity contribution in [3.05, 3.63) is 33.8 Å². The summed E-state index contributed by atoms with van der Waals surface area (Å²) in [4.78, 5) is 12.2. The molecule has 0 saturated carbocycles. The zero-order valence-corrected chi connectivity index (χ0v) is 16.4. The number of carbonyl (C=O) groups excluding carboxylic acids is 1. The molecule has 0 aliphatic heterocycles. The predicted molar refractivity (Wildman–Crippen MR) is 100 cm³/mol. The number of nitrogens with one attached hydrogen (secondary N) is 1. The first-order valence-corrected chi connectivity index (χ1v) is 9.42. The first-order valence-electron chi connectivity index (χ1n) is 7.32. The van der Waals surface area contributed by atoms with Gasteiger partial charge >= 0.3 is 0 Å². The van der Waals surface area contributed by atoms with Crippen LogP contribution in [0, 0.1) is 10.9 Å². The Kier molecular flexibility index (Phi) is 5.65. The lowest BCUT2D eigenvalue weighted by atomic mass is 10.1. The normalized spacial score (nSPS) is 12.9. The van der Waals surface area contributed by atoms with Gasteiger partial charge < -0.3 is 5.32 Å². The Balaban J connectivity index is 2.17. The van der Waals surface area contributed by atoms with Crippen molar-refractivity contribution in [1.82, 2.24) is 15.1 Å². The lowest BCUT2D eigenvalue weighted by Gasteiger charge is -2.22. The maximum absolute atomic E-state index is 12.2. The van der Waals surface area contributed by atoms with E-state index in [0.717, 1.165) is 15.6 Å². The molecule has 1 aromatic heterocycles. The SMILES string of the molecule is Cc1ccccc1-n1nc(S[C@@H](C)C(=O)NC(C)(C)C)sc1=S. The molecule has 0 aliphatic carbocycles. The van der Waals surface area contributed by atoms with Crippen LogP contribution < -0.4 is 5.32 Å². The molecule has 1 atom stereocenters. The number of nitrogens with zero attached hydrogens (tertiary/aromatic N) is 2. The van der Waals surface area contributed by atoms with Crippen LogP contribution >= 0.6 is 35.3 Å². The molecule has 0 radical (unpaired) electrons. The molecular formula is C16H21N3OS3. The molecule has 0 unspecified atom stereocenters. The van der Waals surface area contributed by atoms with Gasteiger partial charge in [0.2, 0.25) is 5.91 Å². The third kappa shape index (κ3) is 4.89. The quantitative estimate of drug-likeness (QED) is 0.644. The predicted octanol–water partition coefficient (Wildman–Crippen LogP) is 4.37. The fourth-order valence-electron chi connectivity index (χ4n) is 1.94. The molecule has 0 saturated heterocycles. The van der Waals surface area contributed by atoms with Crippen LogP contribution in [0.4, 0.5) is 0 Å². The van der Waals surface area contributed by atoms with Gasteiger partial charge in [0.1, 0.15) is 0 Å². The standard InChI is InChI=1S/C16H21N3OS3/c1-10-8-6-7-9-12(10)19-15(21)23-14(18-19)22-11(2)13(20)17-16(3,4)5/h6-9,11H,1-5H3,(H,17,20)/t11-/m0/s1. The number of aryl methyl sites for hydroxylation is 1. The lowest BCUT2D eigenvalue weighted by Crippen LogP contribution is -2.44. The van der Waals surface area contributed by atoms with Crippen molar-refractivity contribution in [2.24, 2.45) is 0 Å². The van der Waals surface area contributed by atoms with Crippen LogP contribution in [0.5, 0.6) is 0 Å². The first kappa shape index (κ1) is 18.2. The molecular weight excluding hydrogens is 346 g/mol. The van der Waals surface area contributed by atoms with Gasteiger partial charge in [-0.2, -0.15) is 0 Å². The molecule has 0 bridgehead atoms. The molecule has 1 amide bonds. The number of aromatic nitrogens is 2. The summed E-state index contributed by atoms with van der Waals surface area (Å²) >= 11 is 8.29. The Morgan fingerprint density at radius 3 is 2.65 bits per heavy atom. The maximum Gasteiger partial charge on any atom is 0.233 e. The third-order valence-electron chi connectivity index (χ3n) is 3.02. The highest BCUT2D eigenvalue weighted by Gasteiger charge is 2.21. The zero-order valence-electron chi connectivity index (χ0n) is 13.9. The molecule has 1 heterocycles. The summed E-state index contributed by atoms with van der Waals surface area (Å²) in [6.45, 7) is 9.83. The number of thioether (sulfide) groups is 1. The Labute approximate surface area is 150 Å². The van der Waals surface area contributed by atoms with E-state index >= 15 is 0 Å². The van der Waals surface area contributed by atoms with Gasteiger partial charge in [-0.15, -0.1) is 5.10 Å². The van der Waals surface area contributed by atoms with Crippen molar-refractivity contribution < 1.29 is 4.79 Å². The van der Waals surface area contributed by atoms with Crippen LogP contribution in [-0.4, -0.2) is 26.5 Å². The summed E-state index contributed by atoms with van der Waals surface area (Å²) in [5.74, 6) is 0.00561. The zero-order chi connectivity index (χ0) is 17.2. The van der Waals surface area contributed by atoms with E-state index in [9.17, 15) is 4.79 Å². The Bertz CT molecular complexity index is 758. The van der Waals surface area contributed by atoms with Crippen LogP contribution in [0.25, 0.3) is 5.69 Å². The molecule has 0 fully saturated rings. The Morgan fingerprint density at radius 1 is 1.39 bits per heavy atom. The molecule has 2 rings (SSSR count). The summed E-state index contributed by atoms with van der Waals surface area (Å²) in [5, 5.41) is 7.34. The van der Waals surface area contributed by atoms with E-state index in [0.29, 0.717) is 3.95 Å². The minimum absolute atomic E-state index is 0.00561. The Morgan fingerprint density at radius 2 is 2.04 bits per heavy atom. The van der Waals surface area contributed by atoms with Crippen molar-refractivity contribution in [2.45, 2.75) is 49.7 Å². The van der Waals surface area contributed by atoms with Crippen LogP contribution in [-0.2, 0) is 4.79 Å². The number of rotatable bonds is 4. The van der Waals surface area contributed by atoms with Crippen LogP contribution in [0.1, 0.15) is 33.3 Å². The lowest BCUT2D eigenvalue weighted by molar-refractivity contribution is -0.121. The van der Waals surface area contributed by atoms with E-state index in [4.69, 9.17) is 12.2 Å². The van der Waals surface area contributed by atoms with Gasteiger partial charge in [-0.1, -0.05) is 41.3 Å². The number of amides is 1. The van der Waals surface area contributed by atoms with Gasteiger partial charge in [-0.25, -0.2) is 4.68 Å². The van der Waals surface area contributed by atoms with Crippen LogP contribution in [0.15, 0.2) is 28.6 Å². The van der Waals surface area contributed by atoms with Crippen molar-refractivity contribution in [3.63, 3.8) is 0 Å². The van der Waals surface area contributed by atoms with Gasteiger partial charge in [0, 0.05) is 5.54 Å². The van der Waals surface area contributed by atoms with Gasteiger partial charge in [0.05, 0.1) is 10.9 Å². The number of carbonyl (C=O) groups is 1. The monoisotopic (exact) mass is 367 g/mol. The number of benzene rings is 1. The molecule has 4 nitrogen and oxygen atoms in total. The van der Waals surface area contributed by atoms with Crippen molar-refractivity contribution in [2.75, 3.05) is 0 Å². The third-order valence-corrected chi connectivity index (χ3v) is 5.43. The fourth-order valence-corrected chi connectivity index (χ4v) is 4.43. The Hall–Kier alpha value is -1.18. The summed E-state index contributed by atoms with van der Waals surface area (Å²) in [6, 6.07) is 7.98. The average molecular weight is 368 g/mol. The molecule has 7 heteroatoms. The molecule has 0 spiro atoms. The van der Waals surface area contributed by atoms with Gasteiger partial charge in [0.25, 0.3) is 0 Å². The highest BCUT2D eigenvalue weighted by molar-refractivity contribution is 8.02. The molecule has 1 N–H and O–H groups in total. The van der Waals surface area contributed by atoms with E-state index in [1.165, 1.54) is 23.1 Å². The summed E-state index contributed by atoms with van der Waals surface area (Å²) in [5.41, 5.74) is 1.86. The second kappa shape index (κ2) is 7.15. The van der Waals surface area contributed by atoms with Crippen LogP contribution in [0.3, 0.4) is 0 Å². The largest absolute Gasteiger partial charge is 0.351 e. The van der Waals surface area contributed by atoms with Gasteiger partial charge in [-0.05, 0) is 58.5 Å². The second-order valence-corrected chi connectivity index (χ2v) is 9.54. The number of hydrogen-bond acceptors (Lipinski definition) is 5. The minimum Gasteiger partial charge on any atom is -0.351 e. The molecule has 23 heavy (non-hydrogen) atoms. The summed E-state index contributed by atoms with van der Waals surface area (Å²) in [7, 11) is 0. The number of hydrogen-bond donors (Lipinski definition) is 1. The topological polar surface area (TPSA) is 46.9 Å². The van der Waals surface area contributed by atoms with E-state index in [1.54, 1.807) is 4.68 Å². The summed E-state index contributed by atoms with van der Waals surface area (Å²) < 4.78 is 3.26. The second-order valence-electron chi connectivity index (χ2n) is 6.33. The van der Waals surface area contributed by atoms with Crippen molar-refractivity contribution in [3.8, 4) is 5.69 Å². The maximum atomic E-state index is 12.2. The molecule has 2 aromatic rings. The molecule has 1 aromatic carbocycles. The highest BCUT2D eigenvalue weighted by atomic mass is 32.2. The van der Waals surface area contributed by atoms with E-state index in [-0.39, 0.29) is 16.7 Å². The van der Waals surface area contributed by atoms with E-state index in [1.807, 2.05) is 58.9 Å². The van der Waals surface area contributed by atoms with Gasteiger partial charge in [-0.3, -0.25) is 4.79 Å². The average Bonchev–Trinajstić information content (AvgIpc) is 2.78. The van der Waals surface area contributed by atoms with Crippen molar-refractivity contribution in [1.29, 1.82) is 0 Å². The minimum atomic E-state index is -0.237. The number of para-hydroxylation sites is 1. The fraction of sp³-hybridized carbons (Fsp3) is 0.438. The molecule has 0 aliphatic rings.